The van der Waals surface area contributed by atoms with Gasteiger partial charge in [-0.1, -0.05) is 31.5 Å². The van der Waals surface area contributed by atoms with E-state index in [0.29, 0.717) is 34.8 Å². The number of nitrogens with zero attached hydrogens (tertiary/aromatic N) is 2. The highest BCUT2D eigenvalue weighted by Crippen LogP contribution is 2.51. The van der Waals surface area contributed by atoms with Crippen LogP contribution in [0.3, 0.4) is 0 Å². The molecule has 2 heterocycles. The lowest BCUT2D eigenvalue weighted by Gasteiger charge is -2.44. The van der Waals surface area contributed by atoms with Crippen LogP contribution in [0.1, 0.15) is 43.7 Å². The van der Waals surface area contributed by atoms with Crippen molar-refractivity contribution in [2.24, 2.45) is 11.1 Å². The van der Waals surface area contributed by atoms with Crippen LogP contribution in [0, 0.1) is 23.7 Å². The van der Waals surface area contributed by atoms with Crippen LogP contribution >= 0.6 is 22.9 Å². The van der Waals surface area contributed by atoms with E-state index in [1.54, 1.807) is 11.3 Å². The molecule has 0 fully saturated rings. The van der Waals surface area contributed by atoms with E-state index in [9.17, 15) is 10.1 Å². The molecule has 6 heteroatoms. The van der Waals surface area contributed by atoms with Crippen molar-refractivity contribution < 1.29 is 4.79 Å². The topological polar surface area (TPSA) is 70.1 Å². The molecule has 1 aromatic heterocycles. The van der Waals surface area contributed by atoms with Gasteiger partial charge in [-0.25, -0.2) is 0 Å². The Morgan fingerprint density at radius 1 is 1.31 bits per heavy atom. The predicted molar refractivity (Wildman–Crippen MR) is 118 cm³/mol. The molecular formula is C23H22ClN3OS. The Kier molecular flexibility index (Phi) is 4.80. The molecule has 4 nitrogen and oxygen atoms in total. The molecule has 0 saturated heterocycles. The molecule has 29 heavy (non-hydrogen) atoms. The number of carbonyl (C=O) groups is 1. The number of halogens is 1. The zero-order chi connectivity index (χ0) is 20.9. The van der Waals surface area contributed by atoms with Gasteiger partial charge in [-0.3, -0.25) is 9.69 Å². The number of hydrogen-bond acceptors (Lipinski definition) is 5. The molecule has 0 bridgehead atoms. The molecule has 0 saturated carbocycles. The van der Waals surface area contributed by atoms with Gasteiger partial charge < -0.3 is 5.73 Å². The van der Waals surface area contributed by atoms with Crippen molar-refractivity contribution in [1.29, 1.82) is 5.26 Å². The van der Waals surface area contributed by atoms with Gasteiger partial charge in [0.25, 0.3) is 0 Å². The number of nitriles is 1. The number of rotatable bonds is 2. The summed E-state index contributed by atoms with van der Waals surface area (Å²) in [4.78, 5) is 15.3. The van der Waals surface area contributed by atoms with Crippen molar-refractivity contribution >= 4 is 34.4 Å². The van der Waals surface area contributed by atoms with Crippen LogP contribution in [-0.4, -0.2) is 5.78 Å². The normalized spacial score (nSPS) is 21.3. The van der Waals surface area contributed by atoms with Gasteiger partial charge in [0.2, 0.25) is 0 Å². The number of nitrogens with two attached hydrogens (primary N) is 1. The number of allylic oxidation sites excluding steroid dienone is 3. The molecule has 4 rings (SSSR count). The number of hydrogen-bond donors (Lipinski definition) is 1. The monoisotopic (exact) mass is 423 g/mol. The summed E-state index contributed by atoms with van der Waals surface area (Å²) in [6.45, 7) is 6.12. The first kappa shape index (κ1) is 19.8. The van der Waals surface area contributed by atoms with E-state index >= 15 is 0 Å². The lowest BCUT2D eigenvalue weighted by Crippen LogP contribution is -2.42. The van der Waals surface area contributed by atoms with E-state index < -0.39 is 5.92 Å². The van der Waals surface area contributed by atoms with E-state index in [0.717, 1.165) is 22.5 Å². The maximum Gasteiger partial charge on any atom is 0.162 e. The second-order valence-electron chi connectivity index (χ2n) is 8.42. The number of anilines is 1. The average Bonchev–Trinajstić information content (AvgIpc) is 3.17. The van der Waals surface area contributed by atoms with Gasteiger partial charge in [0, 0.05) is 22.7 Å². The molecule has 2 aromatic rings. The van der Waals surface area contributed by atoms with Gasteiger partial charge in [0.05, 0.1) is 23.2 Å². The second kappa shape index (κ2) is 7.05. The van der Waals surface area contributed by atoms with Crippen molar-refractivity contribution in [2.75, 3.05) is 4.90 Å². The van der Waals surface area contributed by atoms with Crippen molar-refractivity contribution in [3.05, 3.63) is 73.8 Å². The third-order valence-electron chi connectivity index (χ3n) is 5.74. The largest absolute Gasteiger partial charge is 0.384 e. The van der Waals surface area contributed by atoms with Crippen LogP contribution in [0.5, 0.6) is 0 Å². The molecule has 2 N–H and O–H groups in total. The van der Waals surface area contributed by atoms with Gasteiger partial charge in [-0.15, -0.1) is 0 Å². The third kappa shape index (κ3) is 3.17. The lowest BCUT2D eigenvalue weighted by atomic mass is 9.69. The molecule has 0 amide bonds. The minimum atomic E-state index is -0.416. The Labute approximate surface area is 179 Å². The molecule has 0 spiro atoms. The summed E-state index contributed by atoms with van der Waals surface area (Å²) in [5.41, 5.74) is 11.0. The first-order valence-electron chi connectivity index (χ1n) is 9.48. The molecule has 148 valence electrons. The highest BCUT2D eigenvalue weighted by Gasteiger charge is 2.45. The zero-order valence-electron chi connectivity index (χ0n) is 16.6. The quantitative estimate of drug-likeness (QED) is 0.677. The molecule has 1 atom stereocenters. The number of thiophene rings is 1. The van der Waals surface area contributed by atoms with E-state index in [1.807, 2.05) is 46.8 Å². The van der Waals surface area contributed by atoms with Gasteiger partial charge in [0.1, 0.15) is 5.82 Å². The van der Waals surface area contributed by atoms with Crippen LogP contribution in [0.15, 0.2) is 57.7 Å². The summed E-state index contributed by atoms with van der Waals surface area (Å²) in [5, 5.41) is 14.6. The summed E-state index contributed by atoms with van der Waals surface area (Å²) in [6, 6.07) is 9.90. The Morgan fingerprint density at radius 3 is 2.72 bits per heavy atom. The first-order valence-corrected chi connectivity index (χ1v) is 10.8. The van der Waals surface area contributed by atoms with Crippen LogP contribution in [0.25, 0.3) is 0 Å². The predicted octanol–water partition coefficient (Wildman–Crippen LogP) is 5.65. The van der Waals surface area contributed by atoms with Gasteiger partial charge >= 0.3 is 0 Å². The van der Waals surface area contributed by atoms with E-state index in [-0.39, 0.29) is 11.2 Å². The SMILES string of the molecule is Cc1c(Cl)cccc1N1C(N)=C(C#N)[C@@H](c2ccsc2)C2=C1CC(C)(C)CC2=O. The van der Waals surface area contributed by atoms with Crippen LogP contribution in [0.2, 0.25) is 5.02 Å². The average molecular weight is 424 g/mol. The summed E-state index contributed by atoms with van der Waals surface area (Å²) >= 11 is 7.94. The van der Waals surface area contributed by atoms with Gasteiger partial charge in [-0.05, 0) is 58.8 Å². The van der Waals surface area contributed by atoms with Crippen molar-refractivity contribution in [2.45, 2.75) is 39.5 Å². The Bertz CT molecular complexity index is 1110. The summed E-state index contributed by atoms with van der Waals surface area (Å²) in [6.07, 6.45) is 1.15. The molecule has 2 aliphatic rings. The smallest absolute Gasteiger partial charge is 0.162 e. The van der Waals surface area contributed by atoms with E-state index in [1.165, 1.54) is 0 Å². The fourth-order valence-corrected chi connectivity index (χ4v) is 5.25. The number of benzene rings is 1. The number of Topliss-reactive ketones (excluding diaryl/α,β-unsaturated/α-hetero) is 1. The maximum atomic E-state index is 13.4. The fraction of sp³-hybridized carbons (Fsp3) is 0.304. The summed E-state index contributed by atoms with van der Waals surface area (Å²) in [7, 11) is 0. The number of ketones is 1. The molecule has 0 radical (unpaired) electrons. The molecule has 1 aromatic carbocycles. The molecule has 1 aliphatic carbocycles. The zero-order valence-corrected chi connectivity index (χ0v) is 18.2. The highest BCUT2D eigenvalue weighted by atomic mass is 35.5. The van der Waals surface area contributed by atoms with Gasteiger partial charge in [0.15, 0.2) is 5.78 Å². The van der Waals surface area contributed by atoms with Crippen molar-refractivity contribution in [3.8, 4) is 6.07 Å². The molecule has 1 aliphatic heterocycles. The lowest BCUT2D eigenvalue weighted by molar-refractivity contribution is -0.118. The molecule has 0 unspecified atom stereocenters. The summed E-state index contributed by atoms with van der Waals surface area (Å²) < 4.78 is 0. The minimum Gasteiger partial charge on any atom is -0.384 e. The van der Waals surface area contributed by atoms with Crippen molar-refractivity contribution in [1.82, 2.24) is 0 Å². The van der Waals surface area contributed by atoms with Crippen LogP contribution in [0.4, 0.5) is 5.69 Å². The second-order valence-corrected chi connectivity index (χ2v) is 9.61. The fourth-order valence-electron chi connectivity index (χ4n) is 4.39. The van der Waals surface area contributed by atoms with E-state index in [2.05, 4.69) is 19.9 Å². The van der Waals surface area contributed by atoms with Crippen LogP contribution in [-0.2, 0) is 4.79 Å². The Balaban J connectivity index is 2.03. The van der Waals surface area contributed by atoms with Gasteiger partial charge in [-0.2, -0.15) is 16.6 Å². The maximum absolute atomic E-state index is 13.4. The third-order valence-corrected chi connectivity index (χ3v) is 6.85. The number of carbonyl (C=O) groups excluding carboxylic acids is 1. The van der Waals surface area contributed by atoms with Crippen LogP contribution < -0.4 is 10.6 Å². The summed E-state index contributed by atoms with van der Waals surface area (Å²) in [5.74, 6) is 0.0382. The minimum absolute atomic E-state index is 0.0809. The Hall–Kier alpha value is -2.55. The van der Waals surface area contributed by atoms with Crippen molar-refractivity contribution in [3.63, 3.8) is 0 Å². The molecular weight excluding hydrogens is 402 g/mol. The van der Waals surface area contributed by atoms with E-state index in [4.69, 9.17) is 17.3 Å². The highest BCUT2D eigenvalue weighted by molar-refractivity contribution is 7.08. The Morgan fingerprint density at radius 2 is 2.07 bits per heavy atom. The standard InChI is InChI=1S/C23H22ClN3OS/c1-13-16(24)5-4-6-17(13)27-18-9-23(2,3)10-19(28)21(18)20(14-7-8-29-12-14)15(11-25)22(27)26/h4-8,12,20H,9-10,26H2,1-3H3/t20-/m1/s1. The first-order chi connectivity index (χ1) is 13.7.